The van der Waals surface area contributed by atoms with Crippen molar-refractivity contribution in [3.05, 3.63) is 48.2 Å². The average molecular weight is 402 g/mol. The normalized spacial score (nSPS) is 15.4. The van der Waals surface area contributed by atoms with Crippen LogP contribution in [0.5, 0.6) is 0 Å². The van der Waals surface area contributed by atoms with Gasteiger partial charge in [-0.3, -0.25) is 5.21 Å². The molecule has 1 aliphatic carbocycles. The molecule has 0 radical (unpaired) electrons. The van der Waals surface area contributed by atoms with Gasteiger partial charge in [0.25, 0.3) is 0 Å². The van der Waals surface area contributed by atoms with E-state index in [4.69, 9.17) is 0 Å². The summed E-state index contributed by atoms with van der Waals surface area (Å²) < 4.78 is 79.8. The summed E-state index contributed by atoms with van der Waals surface area (Å²) in [5.41, 5.74) is 0.493. The summed E-state index contributed by atoms with van der Waals surface area (Å²) in [6, 6.07) is 3.95. The molecule has 3 aromatic rings. The first-order chi connectivity index (χ1) is 13.1. The monoisotopic (exact) mass is 402 g/mol. The van der Waals surface area contributed by atoms with Gasteiger partial charge >= 0.3 is 17.8 Å². The average Bonchev–Trinajstić information content (AvgIpc) is 3.36. The molecule has 1 fully saturated rings. The van der Waals surface area contributed by atoms with Gasteiger partial charge in [0, 0.05) is 21.9 Å². The highest BCUT2D eigenvalue weighted by Gasteiger charge is 2.57. The maximum absolute atomic E-state index is 14.5. The van der Waals surface area contributed by atoms with Gasteiger partial charge in [-0.2, -0.15) is 26.3 Å². The van der Waals surface area contributed by atoms with E-state index in [1.165, 1.54) is 24.4 Å². The molecule has 4 nitrogen and oxygen atoms in total. The predicted molar refractivity (Wildman–Crippen MR) is 85.5 cm³/mol. The number of rotatable bonds is 4. The zero-order valence-electron chi connectivity index (χ0n) is 14.2. The lowest BCUT2D eigenvalue weighted by molar-refractivity contribution is -0.897. The maximum atomic E-state index is 14.5. The molecule has 3 aromatic heterocycles. The summed E-state index contributed by atoms with van der Waals surface area (Å²) >= 11 is 0. The quantitative estimate of drug-likeness (QED) is 0.398. The first kappa shape index (κ1) is 18.6. The number of hydrogen-bond donors (Lipinski definition) is 1. The van der Waals surface area contributed by atoms with Crippen LogP contribution in [0.25, 0.3) is 22.3 Å². The van der Waals surface area contributed by atoms with E-state index in [0.29, 0.717) is 10.3 Å². The molecule has 28 heavy (non-hydrogen) atoms. The SMILES string of the molecule is O[n+]1cc(C2CC2)cc(F)c1-c1cc2ccn(CC(F)(F)C(F)(F)F)c2cn1. The Morgan fingerprint density at radius 1 is 1.18 bits per heavy atom. The standard InChI is InChI=1S/C18H14F6N3O/c19-13-5-12(10-1-2-10)8-27(28)16(13)14-6-11-3-4-26(15(11)7-25-14)9-17(20,21)18(22,23)24/h3-8,10,28H,1-2,9H2/q+1. The molecule has 0 aromatic carbocycles. The van der Waals surface area contributed by atoms with E-state index in [-0.39, 0.29) is 28.2 Å². The minimum absolute atomic E-state index is 0.0233. The molecule has 0 amide bonds. The van der Waals surface area contributed by atoms with Gasteiger partial charge in [-0.1, -0.05) is 0 Å². The first-order valence-electron chi connectivity index (χ1n) is 8.41. The zero-order valence-corrected chi connectivity index (χ0v) is 14.2. The molecule has 0 saturated heterocycles. The van der Waals surface area contributed by atoms with Crippen LogP contribution in [-0.4, -0.2) is 26.9 Å². The highest BCUT2D eigenvalue weighted by atomic mass is 19.4. The number of aromatic nitrogens is 3. The van der Waals surface area contributed by atoms with Gasteiger partial charge in [-0.25, -0.2) is 4.98 Å². The highest BCUT2D eigenvalue weighted by molar-refractivity contribution is 5.82. The number of pyridine rings is 2. The fraction of sp³-hybridized carbons (Fsp3) is 0.333. The fourth-order valence-corrected chi connectivity index (χ4v) is 3.11. The molecule has 4 rings (SSSR count). The third-order valence-electron chi connectivity index (χ3n) is 4.75. The van der Waals surface area contributed by atoms with Crippen molar-refractivity contribution in [2.45, 2.75) is 37.4 Å². The Morgan fingerprint density at radius 2 is 1.89 bits per heavy atom. The minimum atomic E-state index is -5.67. The number of hydrogen-bond acceptors (Lipinski definition) is 2. The van der Waals surface area contributed by atoms with Crippen molar-refractivity contribution in [3.8, 4) is 11.4 Å². The molecule has 0 aliphatic heterocycles. The number of alkyl halides is 5. The number of halogens is 6. The van der Waals surface area contributed by atoms with Gasteiger partial charge < -0.3 is 4.57 Å². The fourth-order valence-electron chi connectivity index (χ4n) is 3.11. The van der Waals surface area contributed by atoms with Crippen LogP contribution in [0.3, 0.4) is 0 Å². The summed E-state index contributed by atoms with van der Waals surface area (Å²) in [7, 11) is 0. The lowest BCUT2D eigenvalue weighted by Gasteiger charge is -2.20. The second-order valence-corrected chi connectivity index (χ2v) is 6.86. The van der Waals surface area contributed by atoms with Crippen LogP contribution in [0.2, 0.25) is 0 Å². The minimum Gasteiger partial charge on any atom is -0.340 e. The molecule has 3 heterocycles. The smallest absolute Gasteiger partial charge is 0.340 e. The van der Waals surface area contributed by atoms with Crippen molar-refractivity contribution in [1.29, 1.82) is 0 Å². The van der Waals surface area contributed by atoms with E-state index in [0.717, 1.165) is 29.8 Å². The maximum Gasteiger partial charge on any atom is 0.455 e. The third-order valence-corrected chi connectivity index (χ3v) is 4.75. The number of fused-ring (bicyclic) bond motifs is 1. The largest absolute Gasteiger partial charge is 0.455 e. The lowest BCUT2D eigenvalue weighted by Crippen LogP contribution is -2.40. The zero-order chi connectivity index (χ0) is 20.3. The van der Waals surface area contributed by atoms with Gasteiger partial charge in [0.05, 0.1) is 18.3 Å². The van der Waals surface area contributed by atoms with E-state index < -0.39 is 24.5 Å². The summed E-state index contributed by atoms with van der Waals surface area (Å²) in [5.74, 6) is -5.40. The second-order valence-electron chi connectivity index (χ2n) is 6.86. The Balaban J connectivity index is 1.71. The molecular weight excluding hydrogens is 388 g/mol. The van der Waals surface area contributed by atoms with Crippen LogP contribution in [0.1, 0.15) is 24.3 Å². The second kappa shape index (κ2) is 6.11. The van der Waals surface area contributed by atoms with Crippen molar-refractivity contribution in [3.63, 3.8) is 0 Å². The van der Waals surface area contributed by atoms with Crippen LogP contribution in [0.15, 0.2) is 36.8 Å². The van der Waals surface area contributed by atoms with Crippen molar-refractivity contribution < 1.29 is 36.3 Å². The van der Waals surface area contributed by atoms with Crippen LogP contribution in [0, 0.1) is 5.82 Å². The Hall–Kier alpha value is -2.78. The van der Waals surface area contributed by atoms with Crippen LogP contribution in [0.4, 0.5) is 26.3 Å². The van der Waals surface area contributed by atoms with Crippen molar-refractivity contribution in [2.75, 3.05) is 0 Å². The molecule has 0 unspecified atom stereocenters. The molecule has 1 saturated carbocycles. The van der Waals surface area contributed by atoms with Crippen molar-refractivity contribution in [1.82, 2.24) is 9.55 Å². The number of nitrogens with zero attached hydrogens (tertiary/aromatic N) is 3. The van der Waals surface area contributed by atoms with Crippen molar-refractivity contribution >= 4 is 10.9 Å². The molecule has 0 atom stereocenters. The van der Waals surface area contributed by atoms with E-state index in [9.17, 15) is 31.5 Å². The summed E-state index contributed by atoms with van der Waals surface area (Å²) in [4.78, 5) is 3.95. The van der Waals surface area contributed by atoms with Crippen LogP contribution >= 0.6 is 0 Å². The molecule has 148 valence electrons. The molecule has 0 spiro atoms. The van der Waals surface area contributed by atoms with Gasteiger partial charge in [-0.15, -0.1) is 0 Å². The Kier molecular flexibility index (Phi) is 4.06. The molecule has 1 aliphatic rings. The van der Waals surface area contributed by atoms with E-state index in [1.54, 1.807) is 0 Å². The van der Waals surface area contributed by atoms with Crippen LogP contribution in [-0.2, 0) is 6.54 Å². The third kappa shape index (κ3) is 3.16. The molecular formula is C18H14F6N3O+. The van der Waals surface area contributed by atoms with Gasteiger partial charge in [0.1, 0.15) is 5.69 Å². The summed E-state index contributed by atoms with van der Waals surface area (Å²) in [5, 5.41) is 10.4. The van der Waals surface area contributed by atoms with E-state index >= 15 is 0 Å². The molecule has 10 heteroatoms. The lowest BCUT2D eigenvalue weighted by atomic mass is 10.1. The van der Waals surface area contributed by atoms with Crippen molar-refractivity contribution in [2.24, 2.45) is 0 Å². The molecule has 0 bridgehead atoms. The van der Waals surface area contributed by atoms with Gasteiger partial charge in [-0.05, 0) is 37.0 Å². The Labute approximate surface area is 154 Å². The Bertz CT molecular complexity index is 1030. The van der Waals surface area contributed by atoms with Gasteiger partial charge in [0.2, 0.25) is 12.0 Å². The summed E-state index contributed by atoms with van der Waals surface area (Å²) in [6.45, 7) is -1.59. The van der Waals surface area contributed by atoms with Crippen LogP contribution < -0.4 is 4.73 Å². The van der Waals surface area contributed by atoms with E-state index in [1.807, 2.05) is 0 Å². The highest BCUT2D eigenvalue weighted by Crippen LogP contribution is 2.40. The Morgan fingerprint density at radius 3 is 2.50 bits per heavy atom. The first-order valence-corrected chi connectivity index (χ1v) is 8.41. The predicted octanol–water partition coefficient (Wildman–Crippen LogP) is 4.44. The van der Waals surface area contributed by atoms with Gasteiger partial charge in [0.15, 0.2) is 0 Å². The summed E-state index contributed by atoms with van der Waals surface area (Å²) in [6.07, 6.45) is -0.304. The van der Waals surface area contributed by atoms with E-state index in [2.05, 4.69) is 4.98 Å². The molecule has 1 N–H and O–H groups in total. The topological polar surface area (TPSA) is 41.9 Å².